The van der Waals surface area contributed by atoms with E-state index < -0.39 is 37.1 Å². The van der Waals surface area contributed by atoms with E-state index in [9.17, 15) is 15.0 Å². The Morgan fingerprint density at radius 1 is 1.37 bits per heavy atom. The van der Waals surface area contributed by atoms with E-state index in [0.29, 0.717) is 16.3 Å². The molecule has 0 amide bonds. The van der Waals surface area contributed by atoms with Crippen molar-refractivity contribution in [3.05, 3.63) is 40.2 Å². The van der Waals surface area contributed by atoms with Gasteiger partial charge in [0.15, 0.2) is 28.3 Å². The van der Waals surface area contributed by atoms with Crippen LogP contribution in [0.2, 0.25) is 5.15 Å². The first-order valence-corrected chi connectivity index (χ1v) is 10.8. The molecule has 4 atom stereocenters. The zero-order valence-electron chi connectivity index (χ0n) is 15.5. The van der Waals surface area contributed by atoms with Crippen molar-refractivity contribution in [1.29, 1.82) is 0 Å². The smallest absolute Gasteiger partial charge is 0.303 e. The predicted molar refractivity (Wildman–Crippen MR) is 111 cm³/mol. The van der Waals surface area contributed by atoms with Crippen LogP contribution in [0.3, 0.4) is 0 Å². The fraction of sp³-hybridized carbons (Fsp3) is 0.333. The van der Waals surface area contributed by atoms with E-state index in [-0.39, 0.29) is 5.15 Å². The van der Waals surface area contributed by atoms with Gasteiger partial charge >= 0.3 is 5.97 Å². The minimum absolute atomic E-state index is 0.151. The molecule has 1 aliphatic rings. The fourth-order valence-corrected chi connectivity index (χ4v) is 4.51. The van der Waals surface area contributed by atoms with Crippen molar-refractivity contribution >= 4 is 56.4 Å². The maximum Gasteiger partial charge on any atom is 0.303 e. The SMILES string of the molecule is CC(=O)O[C@@H]1[C@H](O)[C@@H](CO)O[C@H]1n1c(Sc2ccc(Br)cc2)nc2c(Cl)ncnc21. The summed E-state index contributed by atoms with van der Waals surface area (Å²) >= 11 is 10.9. The summed E-state index contributed by atoms with van der Waals surface area (Å²) < 4.78 is 13.7. The zero-order valence-corrected chi connectivity index (χ0v) is 18.6. The van der Waals surface area contributed by atoms with Crippen molar-refractivity contribution in [2.24, 2.45) is 0 Å². The Morgan fingerprint density at radius 3 is 2.77 bits per heavy atom. The van der Waals surface area contributed by atoms with Crippen molar-refractivity contribution in [2.45, 2.75) is 41.5 Å². The Hall–Kier alpha value is -1.76. The van der Waals surface area contributed by atoms with E-state index in [4.69, 9.17) is 21.1 Å². The van der Waals surface area contributed by atoms with Crippen molar-refractivity contribution in [1.82, 2.24) is 19.5 Å². The summed E-state index contributed by atoms with van der Waals surface area (Å²) in [7, 11) is 0. The number of hydrogen-bond acceptors (Lipinski definition) is 9. The number of carbonyl (C=O) groups excluding carboxylic acids is 1. The first-order valence-electron chi connectivity index (χ1n) is 8.82. The first-order chi connectivity index (χ1) is 14.4. The summed E-state index contributed by atoms with van der Waals surface area (Å²) in [6, 6.07) is 7.58. The molecule has 4 rings (SSSR count). The van der Waals surface area contributed by atoms with Crippen LogP contribution in [0.1, 0.15) is 13.2 Å². The maximum absolute atomic E-state index is 11.6. The first kappa shape index (κ1) is 21.5. The highest BCUT2D eigenvalue weighted by molar-refractivity contribution is 9.10. The number of nitrogens with zero attached hydrogens (tertiary/aromatic N) is 4. The van der Waals surface area contributed by atoms with Crippen LogP contribution in [0.25, 0.3) is 11.2 Å². The number of fused-ring (bicyclic) bond motifs is 1. The van der Waals surface area contributed by atoms with E-state index in [1.165, 1.54) is 25.0 Å². The van der Waals surface area contributed by atoms with E-state index in [2.05, 4.69) is 30.9 Å². The number of aliphatic hydroxyl groups excluding tert-OH is 2. The van der Waals surface area contributed by atoms with Crippen LogP contribution < -0.4 is 0 Å². The molecule has 3 heterocycles. The lowest BCUT2D eigenvalue weighted by molar-refractivity contribution is -0.156. The number of carbonyl (C=O) groups is 1. The molecule has 0 aliphatic carbocycles. The average Bonchev–Trinajstić information content (AvgIpc) is 3.22. The second-order valence-electron chi connectivity index (χ2n) is 6.47. The van der Waals surface area contributed by atoms with Gasteiger partial charge in [0.25, 0.3) is 0 Å². The molecule has 30 heavy (non-hydrogen) atoms. The van der Waals surface area contributed by atoms with Crippen LogP contribution in [0.5, 0.6) is 0 Å². The molecule has 3 aromatic rings. The summed E-state index contributed by atoms with van der Waals surface area (Å²) in [6.07, 6.45) is -2.94. The molecule has 0 saturated carbocycles. The lowest BCUT2D eigenvalue weighted by atomic mass is 10.1. The standard InChI is InChI=1S/C18H16BrClN4O5S/c1-8(26)28-14-13(27)11(6-25)29-17(14)24-16-12(15(20)21-7-22-16)23-18(24)30-10-4-2-9(19)3-5-10/h2-5,7,11,13-14,17,25,27H,6H2,1H3/t11-,13-,14-,17-/m1/s1. The Bertz CT molecular complexity index is 1080. The van der Waals surface area contributed by atoms with Gasteiger partial charge in [0.1, 0.15) is 24.1 Å². The summed E-state index contributed by atoms with van der Waals surface area (Å²) in [4.78, 5) is 25.3. The minimum Gasteiger partial charge on any atom is -0.455 e. The molecule has 0 spiro atoms. The Kier molecular flexibility index (Phi) is 6.28. The number of imidazole rings is 1. The minimum atomic E-state index is -1.23. The van der Waals surface area contributed by atoms with E-state index >= 15 is 0 Å². The van der Waals surface area contributed by atoms with Gasteiger partial charge in [0, 0.05) is 16.3 Å². The number of hydrogen-bond donors (Lipinski definition) is 2. The molecule has 1 aromatic carbocycles. The molecular formula is C18H16BrClN4O5S. The number of rotatable bonds is 5. The van der Waals surface area contributed by atoms with Gasteiger partial charge < -0.3 is 19.7 Å². The molecular weight excluding hydrogens is 500 g/mol. The second kappa shape index (κ2) is 8.77. The second-order valence-corrected chi connectivity index (χ2v) is 8.78. The zero-order chi connectivity index (χ0) is 21.4. The van der Waals surface area contributed by atoms with Gasteiger partial charge in [-0.25, -0.2) is 15.0 Å². The molecule has 9 nitrogen and oxygen atoms in total. The third-order valence-corrected chi connectivity index (χ3v) is 6.26. The Labute approximate surface area is 188 Å². The van der Waals surface area contributed by atoms with Gasteiger partial charge in [-0.05, 0) is 24.3 Å². The number of benzene rings is 1. The van der Waals surface area contributed by atoms with Gasteiger partial charge in [0.2, 0.25) is 0 Å². The Morgan fingerprint density at radius 2 is 2.10 bits per heavy atom. The number of halogens is 2. The molecule has 0 bridgehead atoms. The van der Waals surface area contributed by atoms with Crippen LogP contribution in [0.15, 0.2) is 45.1 Å². The third kappa shape index (κ3) is 4.05. The third-order valence-electron chi connectivity index (χ3n) is 4.47. The molecule has 2 N–H and O–H groups in total. The van der Waals surface area contributed by atoms with Crippen LogP contribution in [0.4, 0.5) is 0 Å². The van der Waals surface area contributed by atoms with Crippen molar-refractivity contribution < 1.29 is 24.5 Å². The van der Waals surface area contributed by atoms with Crippen molar-refractivity contribution in [3.8, 4) is 0 Å². The van der Waals surface area contributed by atoms with Crippen LogP contribution in [0, 0.1) is 0 Å². The van der Waals surface area contributed by atoms with Crippen LogP contribution >= 0.6 is 39.3 Å². The van der Waals surface area contributed by atoms with Gasteiger partial charge in [-0.3, -0.25) is 9.36 Å². The monoisotopic (exact) mass is 514 g/mol. The van der Waals surface area contributed by atoms with Crippen molar-refractivity contribution in [3.63, 3.8) is 0 Å². The van der Waals surface area contributed by atoms with Gasteiger partial charge in [-0.2, -0.15) is 0 Å². The van der Waals surface area contributed by atoms with E-state index in [1.807, 2.05) is 24.3 Å². The highest BCUT2D eigenvalue weighted by atomic mass is 79.9. The van der Waals surface area contributed by atoms with Crippen molar-refractivity contribution in [2.75, 3.05) is 6.61 Å². The predicted octanol–water partition coefficient (Wildman–Crippen LogP) is 2.58. The molecule has 1 aliphatic heterocycles. The summed E-state index contributed by atoms with van der Waals surface area (Å²) in [5.74, 6) is -0.592. The lowest BCUT2D eigenvalue weighted by Gasteiger charge is -2.22. The molecule has 158 valence electrons. The Balaban J connectivity index is 1.84. The van der Waals surface area contributed by atoms with E-state index in [1.54, 1.807) is 4.57 Å². The molecule has 2 aromatic heterocycles. The molecule has 1 saturated heterocycles. The van der Waals surface area contributed by atoms with E-state index in [0.717, 1.165) is 9.37 Å². The molecule has 0 radical (unpaired) electrons. The summed E-state index contributed by atoms with van der Waals surface area (Å²) in [5, 5.41) is 20.7. The number of aliphatic hydroxyl groups is 2. The van der Waals surface area contributed by atoms with Gasteiger partial charge in [-0.15, -0.1) is 0 Å². The normalized spacial score (nSPS) is 23.8. The maximum atomic E-state index is 11.6. The molecule has 0 unspecified atom stereocenters. The summed E-state index contributed by atoms with van der Waals surface area (Å²) in [5.41, 5.74) is 0.688. The largest absolute Gasteiger partial charge is 0.455 e. The quantitative estimate of drug-likeness (QED) is 0.390. The van der Waals surface area contributed by atoms with Gasteiger partial charge in [-0.1, -0.05) is 39.3 Å². The number of aromatic nitrogens is 4. The highest BCUT2D eigenvalue weighted by Gasteiger charge is 2.48. The molecule has 1 fully saturated rings. The molecule has 12 heteroatoms. The highest BCUT2D eigenvalue weighted by Crippen LogP contribution is 2.39. The fourth-order valence-electron chi connectivity index (χ4n) is 3.17. The van der Waals surface area contributed by atoms with Gasteiger partial charge in [0.05, 0.1) is 6.61 Å². The summed E-state index contributed by atoms with van der Waals surface area (Å²) in [6.45, 7) is 0.783. The topological polar surface area (TPSA) is 120 Å². The number of ether oxygens (including phenoxy) is 2. The van der Waals surface area contributed by atoms with Crippen LogP contribution in [-0.2, 0) is 14.3 Å². The average molecular weight is 516 g/mol. The van der Waals surface area contributed by atoms with Crippen LogP contribution in [-0.4, -0.2) is 60.6 Å². The lowest BCUT2D eigenvalue weighted by Crippen LogP contribution is -2.36. The number of esters is 1.